The van der Waals surface area contributed by atoms with Crippen LogP contribution in [0.2, 0.25) is 0 Å². The van der Waals surface area contributed by atoms with Gasteiger partial charge in [0.05, 0.1) is 4.91 Å². The van der Waals surface area contributed by atoms with E-state index in [2.05, 4.69) is 20.9 Å². The van der Waals surface area contributed by atoms with Crippen molar-refractivity contribution in [3.8, 4) is 0 Å². The fourth-order valence-electron chi connectivity index (χ4n) is 1.02. The Kier molecular flexibility index (Phi) is 4.01. The maximum atomic E-state index is 10.9. The van der Waals surface area contributed by atoms with Crippen molar-refractivity contribution in [3.63, 3.8) is 0 Å². The molecule has 0 amide bonds. The van der Waals surface area contributed by atoms with Crippen LogP contribution in [0, 0.1) is 0 Å². The van der Waals surface area contributed by atoms with Crippen molar-refractivity contribution < 1.29 is 13.0 Å². The van der Waals surface area contributed by atoms with E-state index in [1.165, 1.54) is 12.3 Å². The highest BCUT2D eigenvalue weighted by Gasteiger charge is 2.10. The summed E-state index contributed by atoms with van der Waals surface area (Å²) in [5.41, 5.74) is 0.632. The Bertz CT molecular complexity index is 465. The summed E-state index contributed by atoms with van der Waals surface area (Å²) in [5.74, 6) is 0. The zero-order valence-electron chi connectivity index (χ0n) is 8.01. The van der Waals surface area contributed by atoms with E-state index in [0.29, 0.717) is 10.2 Å². The fourth-order valence-corrected chi connectivity index (χ4v) is 1.90. The molecule has 0 saturated heterocycles. The van der Waals surface area contributed by atoms with Crippen LogP contribution in [0.5, 0.6) is 0 Å². The van der Waals surface area contributed by atoms with Crippen LogP contribution < -0.4 is 0 Å². The molecule has 1 N–H and O–H groups in total. The van der Waals surface area contributed by atoms with Gasteiger partial charge in [0, 0.05) is 6.20 Å². The van der Waals surface area contributed by atoms with Gasteiger partial charge in [-0.2, -0.15) is 8.42 Å². The van der Waals surface area contributed by atoms with Crippen LogP contribution in [0.4, 0.5) is 0 Å². The number of hydrogen-bond acceptors (Lipinski definition) is 3. The lowest BCUT2D eigenvalue weighted by molar-refractivity contribution is 0.490. The van der Waals surface area contributed by atoms with Crippen LogP contribution >= 0.6 is 15.9 Å². The maximum Gasteiger partial charge on any atom is 0.290 e. The average molecular weight is 292 g/mol. The molecular weight excluding hydrogens is 282 g/mol. The monoisotopic (exact) mass is 291 g/mol. The predicted molar refractivity (Wildman–Crippen MR) is 61.8 cm³/mol. The lowest BCUT2D eigenvalue weighted by atomic mass is 10.2. The molecule has 15 heavy (non-hydrogen) atoms. The topological polar surface area (TPSA) is 67.3 Å². The van der Waals surface area contributed by atoms with E-state index in [0.717, 1.165) is 0 Å². The molecule has 4 nitrogen and oxygen atoms in total. The molecule has 0 fully saturated rings. The molecule has 1 aromatic heterocycles. The minimum atomic E-state index is -4.10. The van der Waals surface area contributed by atoms with Gasteiger partial charge >= 0.3 is 0 Å². The van der Waals surface area contributed by atoms with Gasteiger partial charge in [-0.3, -0.25) is 4.55 Å². The third-order valence-electron chi connectivity index (χ3n) is 1.76. The van der Waals surface area contributed by atoms with E-state index in [4.69, 9.17) is 4.55 Å². The van der Waals surface area contributed by atoms with Crippen molar-refractivity contribution in [1.29, 1.82) is 0 Å². The summed E-state index contributed by atoms with van der Waals surface area (Å²) in [6.45, 7) is 1.66. The summed E-state index contributed by atoms with van der Waals surface area (Å²) < 4.78 is 31.3. The summed E-state index contributed by atoms with van der Waals surface area (Å²) in [5, 5.41) is 0. The third-order valence-corrected chi connectivity index (χ3v) is 3.30. The van der Waals surface area contributed by atoms with Crippen LogP contribution in [0.25, 0.3) is 6.08 Å². The van der Waals surface area contributed by atoms with Gasteiger partial charge in [0.2, 0.25) is 0 Å². The van der Waals surface area contributed by atoms with Gasteiger partial charge in [0.25, 0.3) is 10.1 Å². The van der Waals surface area contributed by atoms with Crippen molar-refractivity contribution in [2.45, 2.75) is 13.3 Å². The highest BCUT2D eigenvalue weighted by molar-refractivity contribution is 9.10. The molecule has 6 heteroatoms. The highest BCUT2D eigenvalue weighted by Crippen LogP contribution is 2.15. The second kappa shape index (κ2) is 4.87. The molecule has 0 unspecified atom stereocenters. The van der Waals surface area contributed by atoms with Gasteiger partial charge in [-0.05, 0) is 40.1 Å². The van der Waals surface area contributed by atoms with Crippen molar-refractivity contribution in [1.82, 2.24) is 4.98 Å². The van der Waals surface area contributed by atoms with E-state index in [-0.39, 0.29) is 11.3 Å². The van der Waals surface area contributed by atoms with Gasteiger partial charge in [-0.1, -0.05) is 13.0 Å². The summed E-state index contributed by atoms with van der Waals surface area (Å²) in [6.07, 6.45) is 3.16. The lowest BCUT2D eigenvalue weighted by Crippen LogP contribution is -2.00. The minimum absolute atomic E-state index is 0.0216. The standard InChI is InChI=1S/C9H10BrNO3S/c1-2-8(15(12,13)14)5-7-3-4-9(10)11-6-7/h3-6H,2H2,1H3,(H,12,13,14). The van der Waals surface area contributed by atoms with E-state index >= 15 is 0 Å². The van der Waals surface area contributed by atoms with E-state index in [1.807, 2.05) is 0 Å². The first-order chi connectivity index (χ1) is 6.93. The van der Waals surface area contributed by atoms with Crippen LogP contribution in [0.3, 0.4) is 0 Å². The first kappa shape index (κ1) is 12.4. The van der Waals surface area contributed by atoms with Crippen molar-refractivity contribution in [3.05, 3.63) is 33.4 Å². The zero-order valence-corrected chi connectivity index (χ0v) is 10.4. The first-order valence-electron chi connectivity index (χ1n) is 4.23. The Balaban J connectivity index is 3.10. The zero-order chi connectivity index (χ0) is 11.5. The Labute approximate surface area is 96.9 Å². The van der Waals surface area contributed by atoms with E-state index < -0.39 is 10.1 Å². The number of allylic oxidation sites excluding steroid dienone is 1. The highest BCUT2D eigenvalue weighted by atomic mass is 79.9. The predicted octanol–water partition coefficient (Wildman–Crippen LogP) is 2.48. The van der Waals surface area contributed by atoms with Crippen LogP contribution in [0.15, 0.2) is 27.8 Å². The molecule has 0 bridgehead atoms. The number of nitrogens with zero attached hydrogens (tertiary/aromatic N) is 1. The quantitative estimate of drug-likeness (QED) is 0.686. The van der Waals surface area contributed by atoms with Gasteiger partial charge in [-0.25, -0.2) is 4.98 Å². The number of rotatable bonds is 3. The molecule has 1 rings (SSSR count). The number of hydrogen-bond donors (Lipinski definition) is 1. The normalized spacial score (nSPS) is 12.9. The Morgan fingerprint density at radius 1 is 1.60 bits per heavy atom. The Hall–Kier alpha value is -0.720. The van der Waals surface area contributed by atoms with Crippen molar-refractivity contribution in [2.75, 3.05) is 0 Å². The molecule has 0 atom stereocenters. The molecule has 0 aliphatic rings. The molecule has 82 valence electrons. The van der Waals surface area contributed by atoms with Crippen LogP contribution in [0.1, 0.15) is 18.9 Å². The molecule has 0 aromatic carbocycles. The van der Waals surface area contributed by atoms with Gasteiger partial charge < -0.3 is 0 Å². The lowest BCUT2D eigenvalue weighted by Gasteiger charge is -2.00. The second-order valence-electron chi connectivity index (χ2n) is 2.85. The number of aromatic nitrogens is 1. The summed E-state index contributed by atoms with van der Waals surface area (Å²) in [4.78, 5) is 3.92. The van der Waals surface area contributed by atoms with E-state index in [9.17, 15) is 8.42 Å². The van der Waals surface area contributed by atoms with Crippen molar-refractivity contribution >= 4 is 32.1 Å². The molecule has 0 aliphatic carbocycles. The maximum absolute atomic E-state index is 10.9. The molecule has 1 aromatic rings. The van der Waals surface area contributed by atoms with Crippen molar-refractivity contribution in [2.24, 2.45) is 0 Å². The largest absolute Gasteiger partial charge is 0.290 e. The van der Waals surface area contributed by atoms with Gasteiger partial charge in [0.15, 0.2) is 0 Å². The smallest absolute Gasteiger partial charge is 0.282 e. The molecule has 0 aliphatic heterocycles. The SMILES string of the molecule is CCC(=Cc1ccc(Br)nc1)S(=O)(=O)O. The number of pyridine rings is 1. The molecule has 0 spiro atoms. The molecule has 1 heterocycles. The minimum Gasteiger partial charge on any atom is -0.282 e. The number of halogens is 1. The molecule has 0 radical (unpaired) electrons. The summed E-state index contributed by atoms with van der Waals surface area (Å²) >= 11 is 3.17. The molecule has 0 saturated carbocycles. The van der Waals surface area contributed by atoms with Gasteiger partial charge in [0.1, 0.15) is 4.60 Å². The van der Waals surface area contributed by atoms with E-state index in [1.54, 1.807) is 19.1 Å². The summed E-state index contributed by atoms with van der Waals surface area (Å²) in [6, 6.07) is 3.40. The second-order valence-corrected chi connectivity index (χ2v) is 5.14. The average Bonchev–Trinajstić information content (AvgIpc) is 2.15. The third kappa shape index (κ3) is 3.73. The van der Waals surface area contributed by atoms with Crippen LogP contribution in [-0.2, 0) is 10.1 Å². The fraction of sp³-hybridized carbons (Fsp3) is 0.222. The van der Waals surface area contributed by atoms with Crippen LogP contribution in [-0.4, -0.2) is 18.0 Å². The first-order valence-corrected chi connectivity index (χ1v) is 6.46. The summed E-state index contributed by atoms with van der Waals surface area (Å²) in [7, 11) is -4.10. The molecular formula is C9H10BrNO3S. The Morgan fingerprint density at radius 3 is 2.67 bits per heavy atom. The Morgan fingerprint density at radius 2 is 2.27 bits per heavy atom. The van der Waals surface area contributed by atoms with Gasteiger partial charge in [-0.15, -0.1) is 0 Å².